The Kier molecular flexibility index (Phi) is 6.89. The lowest BCUT2D eigenvalue weighted by molar-refractivity contribution is -0.147. The van der Waals surface area contributed by atoms with Crippen molar-refractivity contribution in [3.8, 4) is 0 Å². The number of amides is 2. The van der Waals surface area contributed by atoms with Crippen LogP contribution in [0.4, 0.5) is 5.69 Å². The van der Waals surface area contributed by atoms with Gasteiger partial charge < -0.3 is 9.64 Å². The van der Waals surface area contributed by atoms with Gasteiger partial charge in [0.05, 0.1) is 12.3 Å². The van der Waals surface area contributed by atoms with E-state index in [1.54, 1.807) is 31.2 Å². The van der Waals surface area contributed by atoms with Crippen LogP contribution in [0.2, 0.25) is 0 Å². The van der Waals surface area contributed by atoms with Crippen molar-refractivity contribution in [2.24, 2.45) is 11.0 Å². The largest absolute Gasteiger partial charge is 0.465 e. The zero-order valence-corrected chi connectivity index (χ0v) is 15.5. The van der Waals surface area contributed by atoms with E-state index in [1.165, 1.54) is 9.91 Å². The first kappa shape index (κ1) is 19.6. The SMILES string of the molecule is CCOC(=O)CN(CC(C)C)C(=O)C1=NN(c2ccccc2)C(=O)CC1. The lowest BCUT2D eigenvalue weighted by Gasteiger charge is -2.28. The lowest BCUT2D eigenvalue weighted by atomic mass is 10.1. The van der Waals surface area contributed by atoms with E-state index in [4.69, 9.17) is 4.74 Å². The third-order valence-electron chi connectivity index (χ3n) is 3.78. The molecule has 0 unspecified atom stereocenters. The highest BCUT2D eigenvalue weighted by Gasteiger charge is 2.29. The normalized spacial score (nSPS) is 14.2. The molecule has 0 N–H and O–H groups in total. The average Bonchev–Trinajstić information content (AvgIpc) is 2.61. The molecule has 1 aromatic rings. The molecule has 1 aliphatic heterocycles. The van der Waals surface area contributed by atoms with Crippen molar-refractivity contribution in [3.05, 3.63) is 30.3 Å². The zero-order chi connectivity index (χ0) is 19.1. The van der Waals surface area contributed by atoms with E-state index in [2.05, 4.69) is 5.10 Å². The van der Waals surface area contributed by atoms with Gasteiger partial charge in [0.1, 0.15) is 12.3 Å². The van der Waals surface area contributed by atoms with Gasteiger partial charge in [0.2, 0.25) is 5.91 Å². The molecule has 26 heavy (non-hydrogen) atoms. The first-order valence-electron chi connectivity index (χ1n) is 8.82. The number of hydrogen-bond donors (Lipinski definition) is 0. The molecule has 1 aliphatic rings. The number of carbonyl (C=O) groups excluding carboxylic acids is 3. The topological polar surface area (TPSA) is 79.3 Å². The van der Waals surface area contributed by atoms with E-state index in [-0.39, 0.29) is 49.4 Å². The van der Waals surface area contributed by atoms with Gasteiger partial charge in [0, 0.05) is 19.4 Å². The van der Waals surface area contributed by atoms with Crippen LogP contribution in [0.15, 0.2) is 35.4 Å². The molecule has 2 amide bonds. The Morgan fingerprint density at radius 2 is 1.92 bits per heavy atom. The molecule has 0 fully saturated rings. The van der Waals surface area contributed by atoms with E-state index in [9.17, 15) is 14.4 Å². The van der Waals surface area contributed by atoms with Gasteiger partial charge in [-0.15, -0.1) is 0 Å². The number of rotatable bonds is 7. The summed E-state index contributed by atoms with van der Waals surface area (Å²) in [7, 11) is 0. The minimum Gasteiger partial charge on any atom is -0.465 e. The summed E-state index contributed by atoms with van der Waals surface area (Å²) in [5, 5.41) is 5.53. The summed E-state index contributed by atoms with van der Waals surface area (Å²) in [5.74, 6) is -0.757. The maximum atomic E-state index is 12.9. The maximum absolute atomic E-state index is 12.9. The second-order valence-electron chi connectivity index (χ2n) is 6.47. The second kappa shape index (κ2) is 9.12. The lowest BCUT2D eigenvalue weighted by Crippen LogP contribution is -2.45. The summed E-state index contributed by atoms with van der Waals surface area (Å²) >= 11 is 0. The highest BCUT2D eigenvalue weighted by molar-refractivity contribution is 6.40. The Labute approximate surface area is 153 Å². The first-order chi connectivity index (χ1) is 12.4. The van der Waals surface area contributed by atoms with Crippen LogP contribution < -0.4 is 5.01 Å². The molecule has 0 saturated carbocycles. The predicted molar refractivity (Wildman–Crippen MR) is 98.6 cm³/mol. The van der Waals surface area contributed by atoms with Gasteiger partial charge >= 0.3 is 5.97 Å². The van der Waals surface area contributed by atoms with Gasteiger partial charge in [-0.25, -0.2) is 5.01 Å². The summed E-state index contributed by atoms with van der Waals surface area (Å²) in [6, 6.07) is 8.98. The number of benzene rings is 1. The van der Waals surface area contributed by atoms with Gasteiger partial charge in [-0.1, -0.05) is 32.0 Å². The zero-order valence-electron chi connectivity index (χ0n) is 15.5. The highest BCUT2D eigenvalue weighted by atomic mass is 16.5. The van der Waals surface area contributed by atoms with E-state index < -0.39 is 5.97 Å². The Balaban J connectivity index is 2.23. The minimum atomic E-state index is -0.450. The van der Waals surface area contributed by atoms with Crippen molar-refractivity contribution in [2.45, 2.75) is 33.6 Å². The molecular formula is C19H25N3O4. The molecule has 7 nitrogen and oxygen atoms in total. The van der Waals surface area contributed by atoms with E-state index in [0.29, 0.717) is 12.2 Å². The van der Waals surface area contributed by atoms with E-state index in [1.807, 2.05) is 19.9 Å². The molecule has 0 radical (unpaired) electrons. The third kappa shape index (κ3) is 5.15. The Morgan fingerprint density at radius 3 is 2.54 bits per heavy atom. The number of hydrogen-bond acceptors (Lipinski definition) is 5. The number of para-hydroxylation sites is 1. The van der Waals surface area contributed by atoms with Crippen LogP contribution in [0.25, 0.3) is 0 Å². The number of ether oxygens (including phenoxy) is 1. The molecule has 0 saturated heterocycles. The number of esters is 1. The molecule has 0 atom stereocenters. The second-order valence-corrected chi connectivity index (χ2v) is 6.47. The highest BCUT2D eigenvalue weighted by Crippen LogP contribution is 2.20. The van der Waals surface area contributed by atoms with Gasteiger partial charge in [0.15, 0.2) is 0 Å². The number of anilines is 1. The molecule has 1 aromatic carbocycles. The summed E-state index contributed by atoms with van der Waals surface area (Å²) in [6.07, 6.45) is 0.465. The fraction of sp³-hybridized carbons (Fsp3) is 0.474. The molecule has 2 rings (SSSR count). The first-order valence-corrected chi connectivity index (χ1v) is 8.82. The van der Waals surface area contributed by atoms with Crippen LogP contribution in [0.1, 0.15) is 33.6 Å². The van der Waals surface area contributed by atoms with Gasteiger partial charge in [0.25, 0.3) is 5.91 Å². The third-order valence-corrected chi connectivity index (χ3v) is 3.78. The number of nitrogens with zero attached hydrogens (tertiary/aromatic N) is 3. The molecule has 1 heterocycles. The van der Waals surface area contributed by atoms with Crippen LogP contribution in [-0.4, -0.2) is 48.1 Å². The van der Waals surface area contributed by atoms with Gasteiger partial charge in [-0.05, 0) is 25.0 Å². The predicted octanol–water partition coefficient (Wildman–Crippen LogP) is 2.22. The van der Waals surface area contributed by atoms with Crippen molar-refractivity contribution in [1.29, 1.82) is 0 Å². The van der Waals surface area contributed by atoms with Crippen molar-refractivity contribution in [3.63, 3.8) is 0 Å². The average molecular weight is 359 g/mol. The fourth-order valence-corrected chi connectivity index (χ4v) is 2.68. The van der Waals surface area contributed by atoms with Crippen LogP contribution in [0.5, 0.6) is 0 Å². The van der Waals surface area contributed by atoms with Crippen LogP contribution in [-0.2, 0) is 19.1 Å². The molecule has 0 spiro atoms. The molecular weight excluding hydrogens is 334 g/mol. The van der Waals surface area contributed by atoms with Crippen molar-refractivity contribution in [2.75, 3.05) is 24.7 Å². The van der Waals surface area contributed by atoms with Gasteiger partial charge in [-0.2, -0.15) is 5.10 Å². The molecule has 0 aliphatic carbocycles. The summed E-state index contributed by atoms with van der Waals surface area (Å²) in [6.45, 7) is 6.21. The van der Waals surface area contributed by atoms with Crippen LogP contribution >= 0.6 is 0 Å². The monoisotopic (exact) mass is 359 g/mol. The molecule has 0 bridgehead atoms. The van der Waals surface area contributed by atoms with Crippen molar-refractivity contribution < 1.29 is 19.1 Å². The minimum absolute atomic E-state index is 0.122. The standard InChI is InChI=1S/C19H25N3O4/c1-4-26-18(24)13-21(12-14(2)3)19(25)16-10-11-17(23)22(20-16)15-8-6-5-7-9-15/h5-9,14H,4,10-13H2,1-3H3. The Hall–Kier alpha value is -2.70. The number of hydrazone groups is 1. The van der Waals surface area contributed by atoms with Gasteiger partial charge in [-0.3, -0.25) is 14.4 Å². The van der Waals surface area contributed by atoms with Crippen molar-refractivity contribution >= 4 is 29.2 Å². The summed E-state index contributed by atoms with van der Waals surface area (Å²) in [4.78, 5) is 38.4. The molecule has 140 valence electrons. The van der Waals surface area contributed by atoms with Crippen molar-refractivity contribution in [1.82, 2.24) is 4.90 Å². The smallest absolute Gasteiger partial charge is 0.325 e. The van der Waals surface area contributed by atoms with Crippen LogP contribution in [0.3, 0.4) is 0 Å². The maximum Gasteiger partial charge on any atom is 0.325 e. The molecule has 7 heteroatoms. The Bertz CT molecular complexity index is 685. The number of carbonyl (C=O) groups is 3. The summed E-state index contributed by atoms with van der Waals surface area (Å²) in [5.41, 5.74) is 0.890. The summed E-state index contributed by atoms with van der Waals surface area (Å²) < 4.78 is 4.96. The fourth-order valence-electron chi connectivity index (χ4n) is 2.68. The quantitative estimate of drug-likeness (QED) is 0.699. The Morgan fingerprint density at radius 1 is 1.23 bits per heavy atom. The molecule has 0 aromatic heterocycles. The van der Waals surface area contributed by atoms with E-state index >= 15 is 0 Å². The van der Waals surface area contributed by atoms with Crippen LogP contribution in [0, 0.1) is 5.92 Å². The van der Waals surface area contributed by atoms with E-state index in [0.717, 1.165) is 0 Å².